The number of ether oxygens (including phenoxy) is 1. The van der Waals surface area contributed by atoms with Crippen LogP contribution in [0.1, 0.15) is 76.2 Å². The van der Waals surface area contributed by atoms with Crippen LogP contribution in [0.25, 0.3) is 0 Å². The minimum absolute atomic E-state index is 0.0536. The smallest absolute Gasteiger partial charge is 0.309 e. The number of nitrogens with zero attached hydrogens (tertiary/aromatic N) is 1. The van der Waals surface area contributed by atoms with Gasteiger partial charge in [0.05, 0.1) is 30.0 Å². The topological polar surface area (TPSA) is 95.9 Å². The highest BCUT2D eigenvalue weighted by molar-refractivity contribution is 5.86. The number of rotatable bonds is 16. The highest BCUT2D eigenvalue weighted by atomic mass is 16.5. The number of unbranched alkanes of at least 4 members (excludes halogenated alkanes) is 1. The average Bonchev–Trinajstić information content (AvgIpc) is 3.61. The molecule has 0 aromatic heterocycles. The molecule has 214 valence electrons. The van der Waals surface area contributed by atoms with Crippen LogP contribution < -0.4 is 5.32 Å². The second-order valence-electron chi connectivity index (χ2n) is 11.2. The number of allylic oxidation sites excluding steroid dienone is 2. The fourth-order valence-electron chi connectivity index (χ4n) is 5.96. The van der Waals surface area contributed by atoms with Crippen LogP contribution in [0.4, 0.5) is 0 Å². The zero-order valence-corrected chi connectivity index (χ0v) is 23.3. The summed E-state index contributed by atoms with van der Waals surface area (Å²) in [6.45, 7) is 8.24. The first-order valence-electron chi connectivity index (χ1n) is 14.6. The molecule has 1 aliphatic carbocycles. The van der Waals surface area contributed by atoms with Crippen molar-refractivity contribution in [2.75, 3.05) is 19.8 Å². The van der Waals surface area contributed by atoms with Crippen LogP contribution >= 0.6 is 0 Å². The van der Waals surface area contributed by atoms with E-state index >= 15 is 0 Å². The summed E-state index contributed by atoms with van der Waals surface area (Å²) in [5.41, 5.74) is 0.535. The summed E-state index contributed by atoms with van der Waals surface area (Å²) in [5.74, 6) is -1.31. The maximum absolute atomic E-state index is 13.6. The Morgan fingerprint density at radius 1 is 1.10 bits per heavy atom. The minimum atomic E-state index is -0.564. The third kappa shape index (κ3) is 9.06. The number of aliphatic hydroxyl groups excluding tert-OH is 1. The monoisotopic (exact) mass is 538 g/mol. The lowest BCUT2D eigenvalue weighted by atomic mass is 9.94. The van der Waals surface area contributed by atoms with Gasteiger partial charge in [-0.2, -0.15) is 0 Å². The summed E-state index contributed by atoms with van der Waals surface area (Å²) in [4.78, 5) is 41.4. The number of hydrogen-bond acceptors (Lipinski definition) is 5. The van der Waals surface area contributed by atoms with Gasteiger partial charge in [-0.05, 0) is 63.4 Å². The Balaban J connectivity index is 1.58. The maximum atomic E-state index is 13.6. The van der Waals surface area contributed by atoms with Crippen molar-refractivity contribution in [1.82, 2.24) is 10.2 Å². The van der Waals surface area contributed by atoms with Gasteiger partial charge in [0, 0.05) is 13.0 Å². The molecule has 0 bridgehead atoms. The number of carbonyl (C=O) groups excluding carboxylic acids is 3. The van der Waals surface area contributed by atoms with Crippen LogP contribution in [0.3, 0.4) is 0 Å². The lowest BCUT2D eigenvalue weighted by molar-refractivity contribution is -0.152. The lowest BCUT2D eigenvalue weighted by Crippen LogP contribution is -2.50. The van der Waals surface area contributed by atoms with Gasteiger partial charge in [-0.25, -0.2) is 0 Å². The molecule has 7 heteroatoms. The molecule has 1 aromatic carbocycles. The van der Waals surface area contributed by atoms with Gasteiger partial charge in [-0.3, -0.25) is 14.4 Å². The molecule has 1 heterocycles. The van der Waals surface area contributed by atoms with E-state index in [0.717, 1.165) is 63.4 Å². The van der Waals surface area contributed by atoms with Crippen molar-refractivity contribution in [3.63, 3.8) is 0 Å². The van der Waals surface area contributed by atoms with E-state index in [4.69, 9.17) is 4.74 Å². The van der Waals surface area contributed by atoms with E-state index in [1.54, 1.807) is 11.0 Å². The molecule has 3 rings (SSSR count). The molecule has 39 heavy (non-hydrogen) atoms. The third-order valence-electron chi connectivity index (χ3n) is 8.20. The van der Waals surface area contributed by atoms with Crippen molar-refractivity contribution in [3.05, 3.63) is 61.2 Å². The zero-order chi connectivity index (χ0) is 28.1. The highest BCUT2D eigenvalue weighted by Crippen LogP contribution is 2.30. The van der Waals surface area contributed by atoms with E-state index in [1.807, 2.05) is 36.4 Å². The molecule has 1 aliphatic heterocycles. The van der Waals surface area contributed by atoms with E-state index in [9.17, 15) is 19.5 Å². The van der Waals surface area contributed by atoms with Gasteiger partial charge in [-0.1, -0.05) is 55.3 Å². The van der Waals surface area contributed by atoms with Crippen molar-refractivity contribution in [3.8, 4) is 0 Å². The Hall–Kier alpha value is -2.93. The number of nitrogens with one attached hydrogen (secondary N) is 1. The van der Waals surface area contributed by atoms with Gasteiger partial charge in [-0.15, -0.1) is 13.2 Å². The lowest BCUT2D eigenvalue weighted by Gasteiger charge is -2.31. The van der Waals surface area contributed by atoms with Gasteiger partial charge < -0.3 is 20.1 Å². The highest BCUT2D eigenvalue weighted by Gasteiger charge is 2.38. The Morgan fingerprint density at radius 2 is 1.85 bits per heavy atom. The summed E-state index contributed by atoms with van der Waals surface area (Å²) < 4.78 is 5.82. The fraction of sp³-hybridized carbons (Fsp3) is 0.594. The van der Waals surface area contributed by atoms with Crippen LogP contribution in [0.5, 0.6) is 0 Å². The largest absolute Gasteiger partial charge is 0.463 e. The van der Waals surface area contributed by atoms with Crippen LogP contribution in [0.2, 0.25) is 0 Å². The molecular formula is C32H46N2O5. The quantitative estimate of drug-likeness (QED) is 0.180. The number of benzene rings is 1. The predicted octanol–water partition coefficient (Wildman–Crippen LogP) is 4.74. The Morgan fingerprint density at radius 3 is 2.51 bits per heavy atom. The van der Waals surface area contributed by atoms with Crippen molar-refractivity contribution < 1.29 is 24.2 Å². The van der Waals surface area contributed by atoms with Crippen LogP contribution in [-0.2, 0) is 25.5 Å². The minimum Gasteiger partial charge on any atom is -0.463 e. The van der Waals surface area contributed by atoms with Gasteiger partial charge in [0.1, 0.15) is 6.61 Å². The van der Waals surface area contributed by atoms with Crippen LogP contribution in [0, 0.1) is 11.8 Å². The normalized spacial score (nSPS) is 19.7. The summed E-state index contributed by atoms with van der Waals surface area (Å²) >= 11 is 0. The number of likely N-dealkylation sites (tertiary alicyclic amines) is 1. The summed E-state index contributed by atoms with van der Waals surface area (Å²) in [7, 11) is 0. The summed E-state index contributed by atoms with van der Waals surface area (Å²) in [6.07, 6.45) is 12.1. The molecule has 2 aliphatic rings. The number of carbonyl (C=O) groups is 3. The Bertz CT molecular complexity index is 957. The van der Waals surface area contributed by atoms with Crippen molar-refractivity contribution in [1.29, 1.82) is 0 Å². The van der Waals surface area contributed by atoms with E-state index in [0.29, 0.717) is 19.4 Å². The molecule has 1 saturated carbocycles. The molecule has 1 aromatic rings. The number of aliphatic hydroxyl groups is 1. The van der Waals surface area contributed by atoms with Crippen molar-refractivity contribution >= 4 is 17.8 Å². The average molecular weight is 539 g/mol. The fourth-order valence-corrected chi connectivity index (χ4v) is 5.96. The van der Waals surface area contributed by atoms with E-state index in [2.05, 4.69) is 18.5 Å². The summed E-state index contributed by atoms with van der Waals surface area (Å²) in [6, 6.07) is 9.76. The predicted molar refractivity (Wildman–Crippen MR) is 153 cm³/mol. The van der Waals surface area contributed by atoms with Gasteiger partial charge in [0.2, 0.25) is 11.8 Å². The van der Waals surface area contributed by atoms with E-state index in [1.165, 1.54) is 0 Å². The van der Waals surface area contributed by atoms with Gasteiger partial charge in [0.25, 0.3) is 0 Å². The molecule has 2 N–H and O–H groups in total. The van der Waals surface area contributed by atoms with Crippen molar-refractivity contribution in [2.45, 2.75) is 88.6 Å². The molecule has 0 spiro atoms. The Labute approximate surface area is 233 Å². The molecule has 1 saturated heterocycles. The number of hydrogen-bond donors (Lipinski definition) is 2. The molecule has 3 unspecified atom stereocenters. The molecular weight excluding hydrogens is 492 g/mol. The molecule has 2 fully saturated rings. The second-order valence-corrected chi connectivity index (χ2v) is 11.2. The molecule has 2 amide bonds. The number of amides is 2. The van der Waals surface area contributed by atoms with Crippen LogP contribution in [-0.4, -0.2) is 59.1 Å². The van der Waals surface area contributed by atoms with Gasteiger partial charge >= 0.3 is 5.97 Å². The van der Waals surface area contributed by atoms with E-state index in [-0.39, 0.29) is 49.4 Å². The first-order valence-corrected chi connectivity index (χ1v) is 14.6. The standard InChI is InChI=1S/C32H46N2O5/c1-3-5-7-16-27(21-25-14-8-6-9-15-25)31(38)39-23-28-17-12-20-34(28)30(37)26(13-4-2)22-29(36)33-32(24-35)18-10-11-19-32/h3-4,6,8-9,14-15,26-28,35H,1-2,5,7,10-13,16-24H2,(H,33,36). The molecule has 0 radical (unpaired) electrons. The maximum Gasteiger partial charge on any atom is 0.309 e. The Kier molecular flexibility index (Phi) is 12.2. The van der Waals surface area contributed by atoms with E-state index < -0.39 is 11.5 Å². The third-order valence-corrected chi connectivity index (χ3v) is 8.20. The SMILES string of the molecule is C=CCCCC(Cc1ccccc1)C(=O)OCC1CCCN1C(=O)C(CC=C)CC(=O)NC1(CO)CCCC1. The molecule has 3 atom stereocenters. The first kappa shape index (κ1) is 30.6. The zero-order valence-electron chi connectivity index (χ0n) is 23.3. The second kappa shape index (κ2) is 15.6. The van der Waals surface area contributed by atoms with Crippen molar-refractivity contribution in [2.24, 2.45) is 11.8 Å². The summed E-state index contributed by atoms with van der Waals surface area (Å²) in [5, 5.41) is 12.9. The van der Waals surface area contributed by atoms with Crippen LogP contribution in [0.15, 0.2) is 55.6 Å². The first-order chi connectivity index (χ1) is 18.9. The number of esters is 1. The molecule has 7 nitrogen and oxygen atoms in total. The van der Waals surface area contributed by atoms with Gasteiger partial charge in [0.15, 0.2) is 0 Å².